The first-order valence-corrected chi connectivity index (χ1v) is 10.9. The fourth-order valence-corrected chi connectivity index (χ4v) is 5.21. The van der Waals surface area contributed by atoms with Crippen LogP contribution < -0.4 is 5.32 Å². The fraction of sp³-hybridized carbons (Fsp3) is 0.455. The number of benzene rings is 1. The molecule has 7 nitrogen and oxygen atoms in total. The molecule has 2 bridgehead atoms. The van der Waals surface area contributed by atoms with Crippen LogP contribution in [0, 0.1) is 29.6 Å². The van der Waals surface area contributed by atoms with Crippen LogP contribution in [0.1, 0.15) is 20.3 Å². The van der Waals surface area contributed by atoms with Gasteiger partial charge in [-0.05, 0) is 42.4 Å². The molecule has 1 saturated carbocycles. The average Bonchev–Trinajstić information content (AvgIpc) is 3.39. The first-order chi connectivity index (χ1) is 14.7. The smallest absolute Gasteiger partial charge is 0.330 e. The molecular weight excluding hydrogens is 443 g/mol. The number of allylic oxidation sites excluding steroid dienone is 2. The Bertz CT molecular complexity index is 962. The topological polar surface area (TPSA) is 92.8 Å². The zero-order chi connectivity index (χ0) is 22.4. The van der Waals surface area contributed by atoms with Gasteiger partial charge in [-0.3, -0.25) is 19.3 Å². The summed E-state index contributed by atoms with van der Waals surface area (Å²) in [6.45, 7) is 2.89. The number of anilines is 1. The number of fused-ring (bicyclic) bond motifs is 5. The largest absolute Gasteiger partial charge is 0.454 e. The summed E-state index contributed by atoms with van der Waals surface area (Å²) in [6.07, 6.45) is 4.80. The lowest BCUT2D eigenvalue weighted by Gasteiger charge is -2.28. The van der Waals surface area contributed by atoms with Crippen LogP contribution >= 0.6 is 23.2 Å². The maximum atomic E-state index is 13.0. The van der Waals surface area contributed by atoms with E-state index in [1.807, 2.05) is 12.2 Å². The number of amides is 3. The maximum absolute atomic E-state index is 13.0. The Morgan fingerprint density at radius 2 is 1.74 bits per heavy atom. The van der Waals surface area contributed by atoms with E-state index in [2.05, 4.69) is 5.32 Å². The Hall–Kier alpha value is -2.38. The maximum Gasteiger partial charge on any atom is 0.330 e. The van der Waals surface area contributed by atoms with Gasteiger partial charge in [-0.2, -0.15) is 0 Å². The Morgan fingerprint density at radius 1 is 1.13 bits per heavy atom. The van der Waals surface area contributed by atoms with Crippen LogP contribution in [0.15, 0.2) is 30.4 Å². The summed E-state index contributed by atoms with van der Waals surface area (Å²) < 4.78 is 5.18. The number of rotatable bonds is 6. The van der Waals surface area contributed by atoms with Crippen LogP contribution in [0.2, 0.25) is 10.0 Å². The summed E-state index contributed by atoms with van der Waals surface area (Å²) in [5.74, 6) is -3.11. The zero-order valence-electron chi connectivity index (χ0n) is 17.0. The van der Waals surface area contributed by atoms with Crippen LogP contribution in [0.25, 0.3) is 0 Å². The SMILES string of the molecule is CC(C)[C@H](C(=O)OCC(=O)Nc1cc(Cl)ccc1Cl)N1C(=O)[C@@H]2[C@H](C1=O)[C@H]1C=C[C@H]2C1. The normalized spacial score (nSPS) is 27.1. The lowest BCUT2D eigenvalue weighted by molar-refractivity contribution is -0.162. The molecule has 0 unspecified atom stereocenters. The molecule has 1 heterocycles. The van der Waals surface area contributed by atoms with Crippen LogP contribution in [-0.4, -0.2) is 41.2 Å². The van der Waals surface area contributed by atoms with E-state index in [-0.39, 0.29) is 40.3 Å². The van der Waals surface area contributed by atoms with Gasteiger partial charge < -0.3 is 10.1 Å². The summed E-state index contributed by atoms with van der Waals surface area (Å²) in [4.78, 5) is 52.2. The van der Waals surface area contributed by atoms with E-state index < -0.39 is 36.4 Å². The van der Waals surface area contributed by atoms with Crippen molar-refractivity contribution in [2.75, 3.05) is 11.9 Å². The second-order valence-electron chi connectivity index (χ2n) is 8.52. The van der Waals surface area contributed by atoms with E-state index in [0.717, 1.165) is 11.3 Å². The minimum Gasteiger partial charge on any atom is -0.454 e. The van der Waals surface area contributed by atoms with E-state index >= 15 is 0 Å². The third-order valence-corrected chi connectivity index (χ3v) is 6.77. The Balaban J connectivity index is 1.43. The highest BCUT2D eigenvalue weighted by atomic mass is 35.5. The van der Waals surface area contributed by atoms with Crippen molar-refractivity contribution in [3.05, 3.63) is 40.4 Å². The van der Waals surface area contributed by atoms with Gasteiger partial charge in [0.15, 0.2) is 6.61 Å². The highest BCUT2D eigenvalue weighted by Crippen LogP contribution is 2.53. The van der Waals surface area contributed by atoms with Crippen molar-refractivity contribution in [1.29, 1.82) is 0 Å². The van der Waals surface area contributed by atoms with Gasteiger partial charge in [-0.1, -0.05) is 49.2 Å². The Labute approximate surface area is 189 Å². The quantitative estimate of drug-likeness (QED) is 0.396. The molecule has 1 aromatic rings. The number of halogens is 2. The van der Waals surface area contributed by atoms with Gasteiger partial charge in [-0.25, -0.2) is 4.79 Å². The number of ether oxygens (including phenoxy) is 1. The lowest BCUT2D eigenvalue weighted by Crippen LogP contribution is -2.50. The van der Waals surface area contributed by atoms with Crippen molar-refractivity contribution in [2.45, 2.75) is 26.3 Å². The summed E-state index contributed by atoms with van der Waals surface area (Å²) in [5, 5.41) is 3.20. The molecule has 0 aromatic heterocycles. The van der Waals surface area contributed by atoms with Gasteiger partial charge in [0.05, 0.1) is 22.5 Å². The predicted molar refractivity (Wildman–Crippen MR) is 114 cm³/mol. The number of hydrogen-bond acceptors (Lipinski definition) is 5. The highest BCUT2D eigenvalue weighted by Gasteiger charge is 2.61. The molecule has 4 rings (SSSR count). The third-order valence-electron chi connectivity index (χ3n) is 6.20. The number of carbonyl (C=O) groups excluding carboxylic acids is 4. The van der Waals surface area contributed by atoms with Crippen LogP contribution in [-0.2, 0) is 23.9 Å². The number of esters is 1. The van der Waals surface area contributed by atoms with Gasteiger partial charge in [-0.15, -0.1) is 0 Å². The molecule has 1 aromatic carbocycles. The van der Waals surface area contributed by atoms with Gasteiger partial charge in [0.1, 0.15) is 6.04 Å². The number of nitrogens with one attached hydrogen (secondary N) is 1. The second kappa shape index (κ2) is 8.28. The van der Waals surface area contributed by atoms with Crippen LogP contribution in [0.3, 0.4) is 0 Å². The van der Waals surface area contributed by atoms with Crippen molar-refractivity contribution in [1.82, 2.24) is 4.90 Å². The molecule has 9 heteroatoms. The predicted octanol–water partition coefficient (Wildman–Crippen LogP) is 3.31. The van der Waals surface area contributed by atoms with E-state index in [1.165, 1.54) is 12.1 Å². The van der Waals surface area contributed by atoms with Crippen molar-refractivity contribution < 1.29 is 23.9 Å². The molecule has 31 heavy (non-hydrogen) atoms. The van der Waals surface area contributed by atoms with E-state index in [4.69, 9.17) is 27.9 Å². The summed E-state index contributed by atoms with van der Waals surface area (Å²) in [6, 6.07) is 3.51. The van der Waals surface area contributed by atoms with Gasteiger partial charge in [0.25, 0.3) is 5.91 Å². The van der Waals surface area contributed by atoms with E-state index in [0.29, 0.717) is 5.02 Å². The molecule has 1 N–H and O–H groups in total. The summed E-state index contributed by atoms with van der Waals surface area (Å²) >= 11 is 11.9. The van der Waals surface area contributed by atoms with Crippen molar-refractivity contribution >= 4 is 52.6 Å². The van der Waals surface area contributed by atoms with Gasteiger partial charge in [0, 0.05) is 5.02 Å². The standard InChI is InChI=1S/C22H22Cl2N2O5/c1-10(2)19(26-20(28)17-11-3-4-12(7-11)18(17)21(26)29)22(30)31-9-16(27)25-15-8-13(23)5-6-14(15)24/h3-6,8,10-12,17-19H,7,9H2,1-2H3,(H,25,27)/t11-,12-,17-,18+,19+/m0/s1. The molecule has 5 atom stereocenters. The van der Waals surface area contributed by atoms with Gasteiger partial charge in [0.2, 0.25) is 11.8 Å². The fourth-order valence-electron chi connectivity index (χ4n) is 4.88. The molecule has 0 radical (unpaired) electrons. The third kappa shape index (κ3) is 3.85. The number of hydrogen-bond donors (Lipinski definition) is 1. The molecule has 164 valence electrons. The van der Waals surface area contributed by atoms with Crippen molar-refractivity contribution in [3.63, 3.8) is 0 Å². The van der Waals surface area contributed by atoms with Crippen molar-refractivity contribution in [2.24, 2.45) is 29.6 Å². The highest BCUT2D eigenvalue weighted by molar-refractivity contribution is 6.35. The monoisotopic (exact) mass is 464 g/mol. The second-order valence-corrected chi connectivity index (χ2v) is 9.36. The molecular formula is C22H22Cl2N2O5. The first kappa shape index (κ1) is 21.8. The zero-order valence-corrected chi connectivity index (χ0v) is 18.5. The average molecular weight is 465 g/mol. The minimum atomic E-state index is -1.08. The van der Waals surface area contributed by atoms with Crippen LogP contribution in [0.5, 0.6) is 0 Å². The van der Waals surface area contributed by atoms with Crippen molar-refractivity contribution in [3.8, 4) is 0 Å². The molecule has 1 aliphatic heterocycles. The Morgan fingerprint density at radius 3 is 2.32 bits per heavy atom. The van der Waals surface area contributed by atoms with Crippen LogP contribution in [0.4, 0.5) is 5.69 Å². The first-order valence-electron chi connectivity index (χ1n) is 10.2. The van der Waals surface area contributed by atoms with E-state index in [9.17, 15) is 19.2 Å². The summed E-state index contributed by atoms with van der Waals surface area (Å²) in [7, 11) is 0. The Kier molecular flexibility index (Phi) is 5.83. The minimum absolute atomic E-state index is 0.0495. The van der Waals surface area contributed by atoms with E-state index in [1.54, 1.807) is 19.9 Å². The molecule has 2 aliphatic carbocycles. The number of carbonyl (C=O) groups is 4. The molecule has 1 saturated heterocycles. The molecule has 2 fully saturated rings. The number of likely N-dealkylation sites (tertiary alicyclic amines) is 1. The van der Waals surface area contributed by atoms with Gasteiger partial charge >= 0.3 is 5.97 Å². The summed E-state index contributed by atoms with van der Waals surface area (Å²) in [5.41, 5.74) is 0.288. The molecule has 3 aliphatic rings. The lowest BCUT2D eigenvalue weighted by atomic mass is 9.85. The molecule has 3 amide bonds. The molecule has 0 spiro atoms. The number of imide groups is 1. The number of nitrogens with zero attached hydrogens (tertiary/aromatic N) is 1.